The summed E-state index contributed by atoms with van der Waals surface area (Å²) in [6.45, 7) is 3.87. The van der Waals surface area contributed by atoms with Gasteiger partial charge in [-0.25, -0.2) is 4.98 Å². The minimum absolute atomic E-state index is 0.0761. The molecular weight excluding hydrogens is 296 g/mol. The monoisotopic (exact) mass is 310 g/mol. The Labute approximate surface area is 114 Å². The Morgan fingerprint density at radius 2 is 2.22 bits per heavy atom. The second kappa shape index (κ2) is 5.44. The van der Waals surface area contributed by atoms with E-state index in [1.165, 1.54) is 0 Å². The van der Waals surface area contributed by atoms with Gasteiger partial charge in [0, 0.05) is 17.1 Å². The summed E-state index contributed by atoms with van der Waals surface area (Å²) in [7, 11) is 1.65. The molecule has 1 aromatic heterocycles. The van der Waals surface area contributed by atoms with Gasteiger partial charge in [-0.1, -0.05) is 0 Å². The molecule has 0 amide bonds. The number of anilines is 1. The molecule has 0 fully saturated rings. The molecule has 96 valence electrons. The first-order valence-electron chi connectivity index (χ1n) is 5.62. The highest BCUT2D eigenvalue weighted by atomic mass is 79.9. The van der Waals surface area contributed by atoms with Gasteiger partial charge in [0.25, 0.3) is 0 Å². The van der Waals surface area contributed by atoms with Gasteiger partial charge in [0.15, 0.2) is 5.89 Å². The normalized spacial score (nSPS) is 12.2. The Morgan fingerprint density at radius 1 is 1.44 bits per heavy atom. The molecule has 0 unspecified atom stereocenters. The second-order valence-corrected chi connectivity index (χ2v) is 4.86. The van der Waals surface area contributed by atoms with Crippen LogP contribution in [0.4, 0.5) is 5.69 Å². The first-order chi connectivity index (χ1) is 8.60. The molecule has 1 aromatic carbocycles. The molecule has 18 heavy (non-hydrogen) atoms. The summed E-state index contributed by atoms with van der Waals surface area (Å²) in [6, 6.07) is 5.87. The van der Waals surface area contributed by atoms with Gasteiger partial charge in [-0.05, 0) is 41.1 Å². The van der Waals surface area contributed by atoms with E-state index in [9.17, 15) is 0 Å². The zero-order valence-corrected chi connectivity index (χ0v) is 12.1. The topological polar surface area (TPSA) is 47.3 Å². The average molecular weight is 311 g/mol. The molecule has 5 heteroatoms. The molecule has 2 rings (SSSR count). The summed E-state index contributed by atoms with van der Waals surface area (Å²) < 4.78 is 11.3. The van der Waals surface area contributed by atoms with Crippen molar-refractivity contribution in [2.75, 3.05) is 12.4 Å². The van der Waals surface area contributed by atoms with E-state index in [4.69, 9.17) is 9.15 Å². The lowest BCUT2D eigenvalue weighted by molar-refractivity contribution is 0.414. The fourth-order valence-corrected chi connectivity index (χ4v) is 2.10. The van der Waals surface area contributed by atoms with Crippen LogP contribution < -0.4 is 10.1 Å². The minimum Gasteiger partial charge on any atom is -0.497 e. The van der Waals surface area contributed by atoms with Crippen LogP contribution in [0, 0.1) is 6.92 Å². The summed E-state index contributed by atoms with van der Waals surface area (Å²) in [5, 5.41) is 3.37. The first kappa shape index (κ1) is 13.0. The SMILES string of the molecule is COc1ccc(N[C@@H](C)c2coc(C)n2)c(Br)c1. The number of halogens is 1. The van der Waals surface area contributed by atoms with Crippen molar-refractivity contribution in [1.82, 2.24) is 4.98 Å². The number of ether oxygens (including phenoxy) is 1. The first-order valence-corrected chi connectivity index (χ1v) is 6.41. The third-order valence-electron chi connectivity index (χ3n) is 2.63. The number of aryl methyl sites for hydroxylation is 1. The van der Waals surface area contributed by atoms with E-state index in [-0.39, 0.29) is 6.04 Å². The number of methoxy groups -OCH3 is 1. The lowest BCUT2D eigenvalue weighted by Gasteiger charge is -2.14. The van der Waals surface area contributed by atoms with E-state index < -0.39 is 0 Å². The number of benzene rings is 1. The maximum atomic E-state index is 5.21. The van der Waals surface area contributed by atoms with Crippen molar-refractivity contribution >= 4 is 21.6 Å². The van der Waals surface area contributed by atoms with Crippen LogP contribution in [-0.2, 0) is 0 Å². The molecule has 0 aliphatic carbocycles. The number of aromatic nitrogens is 1. The van der Waals surface area contributed by atoms with Gasteiger partial charge < -0.3 is 14.5 Å². The molecule has 0 spiro atoms. The number of rotatable bonds is 4. The number of hydrogen-bond donors (Lipinski definition) is 1. The van der Waals surface area contributed by atoms with Gasteiger partial charge >= 0.3 is 0 Å². The van der Waals surface area contributed by atoms with Crippen LogP contribution in [0.3, 0.4) is 0 Å². The highest BCUT2D eigenvalue weighted by Crippen LogP contribution is 2.29. The molecular formula is C13H15BrN2O2. The standard InChI is InChI=1S/C13H15BrN2O2/c1-8(13-7-18-9(2)16-13)15-12-5-4-10(17-3)6-11(12)14/h4-8,15H,1-3H3/t8-/m0/s1. The Hall–Kier alpha value is -1.49. The smallest absolute Gasteiger partial charge is 0.191 e. The molecule has 2 aromatic rings. The molecule has 1 atom stereocenters. The van der Waals surface area contributed by atoms with Gasteiger partial charge in [-0.2, -0.15) is 0 Å². The zero-order chi connectivity index (χ0) is 13.1. The molecule has 0 aliphatic heterocycles. The van der Waals surface area contributed by atoms with Crippen molar-refractivity contribution in [3.05, 3.63) is 40.5 Å². The van der Waals surface area contributed by atoms with Crippen molar-refractivity contribution in [2.24, 2.45) is 0 Å². The van der Waals surface area contributed by atoms with Crippen LogP contribution in [-0.4, -0.2) is 12.1 Å². The van der Waals surface area contributed by atoms with Crippen molar-refractivity contribution in [3.8, 4) is 5.75 Å². The molecule has 0 bridgehead atoms. The van der Waals surface area contributed by atoms with E-state index >= 15 is 0 Å². The summed E-state index contributed by atoms with van der Waals surface area (Å²) in [4.78, 5) is 4.30. The van der Waals surface area contributed by atoms with Crippen molar-refractivity contribution < 1.29 is 9.15 Å². The van der Waals surface area contributed by atoms with Crippen LogP contribution in [0.5, 0.6) is 5.75 Å². The van der Waals surface area contributed by atoms with Crippen LogP contribution in [0.25, 0.3) is 0 Å². The lowest BCUT2D eigenvalue weighted by Crippen LogP contribution is -2.07. The van der Waals surface area contributed by atoms with Crippen LogP contribution in [0.2, 0.25) is 0 Å². The predicted molar refractivity (Wildman–Crippen MR) is 74.0 cm³/mol. The molecule has 1 heterocycles. The molecule has 0 saturated carbocycles. The van der Waals surface area contributed by atoms with Gasteiger partial charge in [0.2, 0.25) is 0 Å². The molecule has 0 saturated heterocycles. The van der Waals surface area contributed by atoms with Gasteiger partial charge in [-0.3, -0.25) is 0 Å². The third kappa shape index (κ3) is 2.85. The molecule has 4 nitrogen and oxygen atoms in total. The summed E-state index contributed by atoms with van der Waals surface area (Å²) in [5.74, 6) is 1.49. The third-order valence-corrected chi connectivity index (χ3v) is 3.28. The average Bonchev–Trinajstić information content (AvgIpc) is 2.78. The van der Waals surface area contributed by atoms with E-state index in [1.54, 1.807) is 13.4 Å². The molecule has 0 radical (unpaired) electrons. The Balaban J connectivity index is 2.14. The highest BCUT2D eigenvalue weighted by Gasteiger charge is 2.11. The predicted octanol–water partition coefficient (Wildman–Crippen LogP) is 3.93. The van der Waals surface area contributed by atoms with E-state index in [2.05, 4.69) is 26.2 Å². The number of nitrogens with one attached hydrogen (secondary N) is 1. The summed E-state index contributed by atoms with van der Waals surface area (Å²) in [6.07, 6.45) is 1.67. The summed E-state index contributed by atoms with van der Waals surface area (Å²) in [5.41, 5.74) is 1.87. The van der Waals surface area contributed by atoms with E-state index in [0.29, 0.717) is 5.89 Å². The highest BCUT2D eigenvalue weighted by molar-refractivity contribution is 9.10. The van der Waals surface area contributed by atoms with Crippen molar-refractivity contribution in [1.29, 1.82) is 0 Å². The van der Waals surface area contributed by atoms with E-state index in [0.717, 1.165) is 21.6 Å². The largest absolute Gasteiger partial charge is 0.497 e. The van der Waals surface area contributed by atoms with Crippen LogP contribution >= 0.6 is 15.9 Å². The van der Waals surface area contributed by atoms with E-state index in [1.807, 2.05) is 32.0 Å². The van der Waals surface area contributed by atoms with Gasteiger partial charge in [0.1, 0.15) is 17.7 Å². The quantitative estimate of drug-likeness (QED) is 0.929. The fourth-order valence-electron chi connectivity index (χ4n) is 1.63. The Kier molecular flexibility index (Phi) is 3.91. The Morgan fingerprint density at radius 3 is 2.78 bits per heavy atom. The molecule has 0 aliphatic rings. The van der Waals surface area contributed by atoms with Crippen molar-refractivity contribution in [2.45, 2.75) is 19.9 Å². The number of oxazole rings is 1. The minimum atomic E-state index is 0.0761. The Bertz CT molecular complexity index is 540. The number of nitrogens with zero attached hydrogens (tertiary/aromatic N) is 1. The molecule has 1 N–H and O–H groups in total. The van der Waals surface area contributed by atoms with Crippen molar-refractivity contribution in [3.63, 3.8) is 0 Å². The lowest BCUT2D eigenvalue weighted by atomic mass is 10.2. The van der Waals surface area contributed by atoms with Crippen LogP contribution in [0.15, 0.2) is 33.4 Å². The second-order valence-electron chi connectivity index (χ2n) is 4.00. The van der Waals surface area contributed by atoms with Gasteiger partial charge in [-0.15, -0.1) is 0 Å². The summed E-state index contributed by atoms with van der Waals surface area (Å²) >= 11 is 3.51. The fraction of sp³-hybridized carbons (Fsp3) is 0.308. The maximum Gasteiger partial charge on any atom is 0.191 e. The van der Waals surface area contributed by atoms with Gasteiger partial charge in [0.05, 0.1) is 13.2 Å². The zero-order valence-electron chi connectivity index (χ0n) is 10.5. The maximum absolute atomic E-state index is 5.21. The van der Waals surface area contributed by atoms with Crippen LogP contribution in [0.1, 0.15) is 24.6 Å². The number of hydrogen-bond acceptors (Lipinski definition) is 4.